The lowest BCUT2D eigenvalue weighted by Crippen LogP contribution is -2.27. The number of aliphatic carboxylic acids is 1. The van der Waals surface area contributed by atoms with Gasteiger partial charge in [0.05, 0.1) is 59.5 Å². The maximum Gasteiger partial charge on any atom is 0.334 e. The molecule has 14 nitrogen and oxygen atoms in total. The van der Waals surface area contributed by atoms with Crippen molar-refractivity contribution >= 4 is 23.9 Å². The van der Waals surface area contributed by atoms with Gasteiger partial charge in [-0.05, 0) is 62.3 Å². The van der Waals surface area contributed by atoms with Crippen LogP contribution >= 0.6 is 0 Å². The Kier molecular flexibility index (Phi) is 24.0. The fourth-order valence-corrected chi connectivity index (χ4v) is 2.46. The van der Waals surface area contributed by atoms with Gasteiger partial charge in [-0.15, -0.1) is 0 Å². The molecular formula is C28H52O14. The predicted molar refractivity (Wildman–Crippen MR) is 150 cm³/mol. The van der Waals surface area contributed by atoms with Gasteiger partial charge < -0.3 is 47.7 Å². The molecule has 2 atom stereocenters. The third-order valence-electron chi connectivity index (χ3n) is 4.18. The molecule has 0 heterocycles. The standard InChI is InChI=1S/C15H28O7.C13H24O7/c1-6-20-14(17)12(2)21-10-9-18-7-8-19-11-13(16)22-15(3,4)5;1-10(12(15)16)19-8-7-17-5-6-18-9-11(14)20-13(2,3)4/h12H,6-11H2,1-5H3;10H,5-9H2,1-4H3,(H,15,16)/t12-;10-/m00/s1. The maximum absolute atomic E-state index is 11.3. The highest BCUT2D eigenvalue weighted by Crippen LogP contribution is 2.07. The number of ether oxygens (including phenoxy) is 9. The summed E-state index contributed by atoms with van der Waals surface area (Å²) in [5, 5.41) is 8.56. The van der Waals surface area contributed by atoms with Gasteiger partial charge in [0.1, 0.15) is 24.4 Å². The van der Waals surface area contributed by atoms with Gasteiger partial charge >= 0.3 is 23.9 Å². The van der Waals surface area contributed by atoms with Crippen molar-refractivity contribution in [3.05, 3.63) is 0 Å². The number of carboxylic acid groups (broad SMARTS) is 1. The van der Waals surface area contributed by atoms with E-state index >= 15 is 0 Å². The molecule has 0 aromatic heterocycles. The largest absolute Gasteiger partial charge is 0.479 e. The molecule has 0 fully saturated rings. The molecule has 14 heteroatoms. The fraction of sp³-hybridized carbons (Fsp3) is 0.857. The van der Waals surface area contributed by atoms with Crippen molar-refractivity contribution in [2.75, 3.05) is 72.7 Å². The van der Waals surface area contributed by atoms with E-state index in [-0.39, 0.29) is 52.2 Å². The Morgan fingerprint density at radius 1 is 0.595 bits per heavy atom. The molecule has 0 aliphatic rings. The molecule has 0 aromatic rings. The second-order valence-electron chi connectivity index (χ2n) is 10.6. The van der Waals surface area contributed by atoms with Crippen LogP contribution in [-0.2, 0) is 61.8 Å². The molecule has 0 aliphatic carbocycles. The first-order valence-corrected chi connectivity index (χ1v) is 13.9. The molecule has 0 amide bonds. The summed E-state index contributed by atoms with van der Waals surface area (Å²) in [5.74, 6) is -2.22. The topological polar surface area (TPSA) is 172 Å². The Bertz CT molecular complexity index is 742. The maximum atomic E-state index is 11.3. The average molecular weight is 613 g/mol. The molecule has 0 radical (unpaired) electrons. The third-order valence-corrected chi connectivity index (χ3v) is 4.18. The molecule has 0 bridgehead atoms. The van der Waals surface area contributed by atoms with Gasteiger partial charge in [0.15, 0.2) is 12.2 Å². The van der Waals surface area contributed by atoms with Gasteiger partial charge in [-0.3, -0.25) is 0 Å². The molecule has 0 aromatic carbocycles. The molecule has 0 saturated heterocycles. The van der Waals surface area contributed by atoms with Crippen LogP contribution in [0.1, 0.15) is 62.3 Å². The van der Waals surface area contributed by atoms with Crippen LogP contribution in [0.25, 0.3) is 0 Å². The number of hydrogen-bond acceptors (Lipinski definition) is 13. The van der Waals surface area contributed by atoms with E-state index < -0.39 is 41.3 Å². The van der Waals surface area contributed by atoms with Crippen molar-refractivity contribution in [2.24, 2.45) is 0 Å². The van der Waals surface area contributed by atoms with Crippen LogP contribution < -0.4 is 0 Å². The van der Waals surface area contributed by atoms with Crippen molar-refractivity contribution in [3.63, 3.8) is 0 Å². The van der Waals surface area contributed by atoms with Crippen LogP contribution in [0.4, 0.5) is 0 Å². The van der Waals surface area contributed by atoms with Crippen LogP contribution in [0.5, 0.6) is 0 Å². The Morgan fingerprint density at radius 3 is 1.31 bits per heavy atom. The number of esters is 3. The molecule has 0 unspecified atom stereocenters. The minimum Gasteiger partial charge on any atom is -0.479 e. The molecule has 0 aliphatic heterocycles. The minimum atomic E-state index is -1.01. The van der Waals surface area contributed by atoms with Crippen molar-refractivity contribution < 1.29 is 66.9 Å². The van der Waals surface area contributed by atoms with E-state index in [1.807, 2.05) is 0 Å². The lowest BCUT2D eigenvalue weighted by Gasteiger charge is -2.19. The molecule has 0 rings (SSSR count). The van der Waals surface area contributed by atoms with Crippen LogP contribution in [0.3, 0.4) is 0 Å². The summed E-state index contributed by atoms with van der Waals surface area (Å²) in [6.07, 6.45) is -1.45. The van der Waals surface area contributed by atoms with Gasteiger partial charge in [-0.2, -0.15) is 0 Å². The number of carboxylic acids is 1. The first kappa shape index (κ1) is 41.8. The lowest BCUT2D eigenvalue weighted by atomic mass is 10.2. The van der Waals surface area contributed by atoms with Gasteiger partial charge in [0.25, 0.3) is 0 Å². The van der Waals surface area contributed by atoms with Gasteiger partial charge in [-0.25, -0.2) is 19.2 Å². The molecule has 0 saturated carbocycles. The second-order valence-corrected chi connectivity index (χ2v) is 10.6. The van der Waals surface area contributed by atoms with E-state index in [0.717, 1.165) is 0 Å². The van der Waals surface area contributed by atoms with E-state index in [1.165, 1.54) is 6.92 Å². The highest BCUT2D eigenvalue weighted by atomic mass is 16.6. The van der Waals surface area contributed by atoms with Crippen molar-refractivity contribution in [1.82, 2.24) is 0 Å². The van der Waals surface area contributed by atoms with Crippen LogP contribution in [0.15, 0.2) is 0 Å². The quantitative estimate of drug-likeness (QED) is 0.114. The highest BCUT2D eigenvalue weighted by molar-refractivity contribution is 5.74. The van der Waals surface area contributed by atoms with Gasteiger partial charge in [-0.1, -0.05) is 0 Å². The lowest BCUT2D eigenvalue weighted by molar-refractivity contribution is -0.161. The summed E-state index contributed by atoms with van der Waals surface area (Å²) in [4.78, 5) is 44.3. The number of rotatable bonds is 21. The van der Waals surface area contributed by atoms with Crippen LogP contribution in [0, 0.1) is 0 Å². The monoisotopic (exact) mass is 612 g/mol. The van der Waals surface area contributed by atoms with Crippen molar-refractivity contribution in [1.29, 1.82) is 0 Å². The van der Waals surface area contributed by atoms with Gasteiger partial charge in [0, 0.05) is 0 Å². The third kappa shape index (κ3) is 30.6. The van der Waals surface area contributed by atoms with Crippen molar-refractivity contribution in [2.45, 2.75) is 85.7 Å². The Morgan fingerprint density at radius 2 is 0.952 bits per heavy atom. The molecular weight excluding hydrogens is 560 g/mol. The van der Waals surface area contributed by atoms with Crippen LogP contribution in [0.2, 0.25) is 0 Å². The summed E-state index contributed by atoms with van der Waals surface area (Å²) in [5.41, 5.74) is -1.03. The Balaban J connectivity index is 0. The molecule has 0 spiro atoms. The SMILES string of the molecule is CCOC(=O)[C@H](C)OCCOCCOCC(=O)OC(C)(C)C.C[C@H](OCCOCCOCC(=O)OC(C)(C)C)C(=O)O. The van der Waals surface area contributed by atoms with E-state index in [4.69, 9.17) is 47.7 Å². The smallest absolute Gasteiger partial charge is 0.334 e. The number of carbonyl (C=O) groups is 4. The summed E-state index contributed by atoms with van der Waals surface area (Å²) in [6, 6.07) is 0. The van der Waals surface area contributed by atoms with Crippen molar-refractivity contribution in [3.8, 4) is 0 Å². The fourth-order valence-electron chi connectivity index (χ4n) is 2.46. The summed E-state index contributed by atoms with van der Waals surface area (Å²) >= 11 is 0. The Hall–Kier alpha value is -2.36. The first-order chi connectivity index (χ1) is 19.5. The van der Waals surface area contributed by atoms with E-state index in [2.05, 4.69) is 0 Å². The zero-order valence-electron chi connectivity index (χ0n) is 26.7. The molecule has 1 N–H and O–H groups in total. The summed E-state index contributed by atoms with van der Waals surface area (Å²) in [6.45, 7) is 17.9. The van der Waals surface area contributed by atoms with E-state index in [0.29, 0.717) is 26.4 Å². The van der Waals surface area contributed by atoms with E-state index in [9.17, 15) is 19.2 Å². The van der Waals surface area contributed by atoms with Gasteiger partial charge in [0.2, 0.25) is 0 Å². The molecule has 248 valence electrons. The van der Waals surface area contributed by atoms with E-state index in [1.54, 1.807) is 55.4 Å². The summed E-state index contributed by atoms with van der Waals surface area (Å²) in [7, 11) is 0. The zero-order chi connectivity index (χ0) is 32.6. The number of hydrogen-bond donors (Lipinski definition) is 1. The zero-order valence-corrected chi connectivity index (χ0v) is 26.7. The average Bonchev–Trinajstić information content (AvgIpc) is 2.85. The summed E-state index contributed by atoms with van der Waals surface area (Å²) < 4.78 is 45.7. The highest BCUT2D eigenvalue weighted by Gasteiger charge is 2.17. The Labute approximate surface area is 249 Å². The second kappa shape index (κ2) is 24.1. The predicted octanol–water partition coefficient (Wildman–Crippen LogP) is 2.18. The first-order valence-electron chi connectivity index (χ1n) is 13.9. The number of carbonyl (C=O) groups excluding carboxylic acids is 3. The normalized spacial score (nSPS) is 12.9. The van der Waals surface area contributed by atoms with Crippen LogP contribution in [-0.4, -0.2) is 125 Å². The minimum absolute atomic E-state index is 0.100. The molecule has 42 heavy (non-hydrogen) atoms.